The van der Waals surface area contributed by atoms with Crippen LogP contribution in [-0.2, 0) is 4.79 Å². The van der Waals surface area contributed by atoms with E-state index in [0.29, 0.717) is 15.8 Å². The van der Waals surface area contributed by atoms with Gasteiger partial charge in [-0.15, -0.1) is 0 Å². The van der Waals surface area contributed by atoms with Gasteiger partial charge in [-0.25, -0.2) is 0 Å². The quantitative estimate of drug-likeness (QED) is 0.784. The van der Waals surface area contributed by atoms with E-state index >= 15 is 0 Å². The summed E-state index contributed by atoms with van der Waals surface area (Å²) < 4.78 is 5.76. The van der Waals surface area contributed by atoms with E-state index in [1.165, 1.54) is 0 Å². The summed E-state index contributed by atoms with van der Waals surface area (Å²) in [6, 6.07) is 10.9. The van der Waals surface area contributed by atoms with Crippen molar-refractivity contribution in [3.8, 4) is 5.75 Å². The van der Waals surface area contributed by atoms with Crippen molar-refractivity contribution in [3.63, 3.8) is 0 Å². The lowest BCUT2D eigenvalue weighted by Gasteiger charge is -2.20. The highest BCUT2D eigenvalue weighted by Gasteiger charge is 2.19. The number of hydrogen-bond acceptors (Lipinski definition) is 2. The Balaban J connectivity index is 2.02. The topological polar surface area (TPSA) is 38.3 Å². The van der Waals surface area contributed by atoms with Crippen LogP contribution in [0.1, 0.15) is 36.6 Å². The molecule has 5 heteroatoms. The van der Waals surface area contributed by atoms with Crippen LogP contribution in [0.3, 0.4) is 0 Å². The minimum absolute atomic E-state index is 0.201. The minimum atomic E-state index is -0.611. The molecule has 0 heterocycles. The lowest BCUT2D eigenvalue weighted by atomic mass is 10.1. The Morgan fingerprint density at radius 1 is 1.04 bits per heavy atom. The standard InChI is InChI=1S/C19H21Cl2NO2/c1-11-7-12(2)9-16(8-11)24-14(4)19(23)22-13(3)17-6-5-15(20)10-18(17)21/h5-10,13-14H,1-4H3,(H,22,23)/t13-,14-/m0/s1. The van der Waals surface area contributed by atoms with Crippen molar-refractivity contribution in [2.75, 3.05) is 0 Å². The number of carbonyl (C=O) groups is 1. The zero-order chi connectivity index (χ0) is 17.9. The average Bonchev–Trinajstić information content (AvgIpc) is 2.45. The van der Waals surface area contributed by atoms with Gasteiger partial charge < -0.3 is 10.1 Å². The zero-order valence-electron chi connectivity index (χ0n) is 14.2. The van der Waals surface area contributed by atoms with Crippen LogP contribution >= 0.6 is 23.2 Å². The van der Waals surface area contributed by atoms with Gasteiger partial charge in [0.05, 0.1) is 6.04 Å². The number of nitrogens with one attached hydrogen (secondary N) is 1. The lowest BCUT2D eigenvalue weighted by molar-refractivity contribution is -0.127. The fourth-order valence-electron chi connectivity index (χ4n) is 2.52. The van der Waals surface area contributed by atoms with Gasteiger partial charge in [-0.2, -0.15) is 0 Å². The van der Waals surface area contributed by atoms with Crippen molar-refractivity contribution in [1.82, 2.24) is 5.32 Å². The van der Waals surface area contributed by atoms with E-state index in [1.807, 2.05) is 39.0 Å². The number of carbonyl (C=O) groups excluding carboxylic acids is 1. The third-order valence-electron chi connectivity index (χ3n) is 3.67. The van der Waals surface area contributed by atoms with Crippen molar-refractivity contribution < 1.29 is 9.53 Å². The molecular formula is C19H21Cl2NO2. The smallest absolute Gasteiger partial charge is 0.261 e. The molecule has 0 aliphatic rings. The van der Waals surface area contributed by atoms with Gasteiger partial charge in [0.25, 0.3) is 5.91 Å². The Kier molecular flexibility index (Phi) is 6.14. The van der Waals surface area contributed by atoms with E-state index in [0.717, 1.165) is 16.7 Å². The number of benzene rings is 2. The van der Waals surface area contributed by atoms with Gasteiger partial charge in [0.1, 0.15) is 5.75 Å². The third kappa shape index (κ3) is 4.89. The summed E-state index contributed by atoms with van der Waals surface area (Å²) in [5, 5.41) is 4.00. The van der Waals surface area contributed by atoms with E-state index in [9.17, 15) is 4.79 Å². The van der Waals surface area contributed by atoms with Crippen LogP contribution < -0.4 is 10.1 Å². The van der Waals surface area contributed by atoms with Crippen LogP contribution in [0.2, 0.25) is 10.0 Å². The number of hydrogen-bond donors (Lipinski definition) is 1. The number of amides is 1. The average molecular weight is 366 g/mol. The highest BCUT2D eigenvalue weighted by atomic mass is 35.5. The predicted octanol–water partition coefficient (Wildman–Crippen LogP) is 5.25. The van der Waals surface area contributed by atoms with Gasteiger partial charge in [0.15, 0.2) is 6.10 Å². The van der Waals surface area contributed by atoms with Gasteiger partial charge in [-0.05, 0) is 68.7 Å². The summed E-state index contributed by atoms with van der Waals surface area (Å²) in [7, 11) is 0. The second-order valence-corrected chi connectivity index (χ2v) is 6.82. The van der Waals surface area contributed by atoms with Crippen molar-refractivity contribution in [2.24, 2.45) is 0 Å². The first-order valence-corrected chi connectivity index (χ1v) is 8.52. The maximum atomic E-state index is 12.4. The first-order chi connectivity index (χ1) is 11.3. The van der Waals surface area contributed by atoms with Crippen LogP contribution in [0.4, 0.5) is 0 Å². The molecule has 0 saturated heterocycles. The SMILES string of the molecule is Cc1cc(C)cc(O[C@@H](C)C(=O)N[C@@H](C)c2ccc(Cl)cc2Cl)c1. The second kappa shape index (κ2) is 7.91. The van der Waals surface area contributed by atoms with E-state index in [-0.39, 0.29) is 11.9 Å². The largest absolute Gasteiger partial charge is 0.481 e. The summed E-state index contributed by atoms with van der Waals surface area (Å²) in [6.45, 7) is 7.59. The van der Waals surface area contributed by atoms with Crippen LogP contribution in [0, 0.1) is 13.8 Å². The van der Waals surface area contributed by atoms with Crippen LogP contribution in [0.15, 0.2) is 36.4 Å². The van der Waals surface area contributed by atoms with Crippen molar-refractivity contribution in [1.29, 1.82) is 0 Å². The number of aryl methyl sites for hydroxylation is 2. The molecule has 2 atom stereocenters. The normalized spacial score (nSPS) is 13.2. The van der Waals surface area contributed by atoms with Crippen LogP contribution in [0.25, 0.3) is 0 Å². The molecule has 0 radical (unpaired) electrons. The molecule has 128 valence electrons. The Morgan fingerprint density at radius 3 is 2.25 bits per heavy atom. The number of rotatable bonds is 5. The summed E-state index contributed by atoms with van der Waals surface area (Å²) in [4.78, 5) is 12.4. The van der Waals surface area contributed by atoms with Gasteiger partial charge in [-0.3, -0.25) is 4.79 Å². The molecule has 0 aliphatic carbocycles. The predicted molar refractivity (Wildman–Crippen MR) is 99.0 cm³/mol. The summed E-state index contributed by atoms with van der Waals surface area (Å²) in [5.74, 6) is 0.486. The molecule has 0 aliphatic heterocycles. The lowest BCUT2D eigenvalue weighted by Crippen LogP contribution is -2.37. The van der Waals surface area contributed by atoms with Crippen molar-refractivity contribution in [3.05, 3.63) is 63.1 Å². The molecule has 2 aromatic rings. The molecule has 0 aromatic heterocycles. The van der Waals surface area contributed by atoms with Crippen molar-refractivity contribution >= 4 is 29.1 Å². The van der Waals surface area contributed by atoms with Gasteiger partial charge in [-0.1, -0.05) is 35.3 Å². The first kappa shape index (κ1) is 18.6. The summed E-state index contributed by atoms with van der Waals surface area (Å²) >= 11 is 12.1. The van der Waals surface area contributed by atoms with Crippen molar-refractivity contribution in [2.45, 2.75) is 39.8 Å². The van der Waals surface area contributed by atoms with E-state index in [2.05, 4.69) is 11.4 Å². The fourth-order valence-corrected chi connectivity index (χ4v) is 3.09. The Hall–Kier alpha value is -1.71. The van der Waals surface area contributed by atoms with Gasteiger partial charge in [0, 0.05) is 10.0 Å². The third-order valence-corrected chi connectivity index (χ3v) is 4.23. The maximum Gasteiger partial charge on any atom is 0.261 e. The van der Waals surface area contributed by atoms with Crippen LogP contribution in [-0.4, -0.2) is 12.0 Å². The molecule has 0 spiro atoms. The zero-order valence-corrected chi connectivity index (χ0v) is 15.7. The second-order valence-electron chi connectivity index (χ2n) is 5.98. The number of ether oxygens (including phenoxy) is 1. The van der Waals surface area contributed by atoms with Crippen LogP contribution in [0.5, 0.6) is 5.75 Å². The Labute approximate surface area is 152 Å². The van der Waals surface area contributed by atoms with E-state index in [4.69, 9.17) is 27.9 Å². The summed E-state index contributed by atoms with van der Waals surface area (Å²) in [6.07, 6.45) is -0.611. The molecule has 1 N–H and O–H groups in total. The van der Waals surface area contributed by atoms with E-state index in [1.54, 1.807) is 19.1 Å². The first-order valence-electron chi connectivity index (χ1n) is 7.76. The molecular weight excluding hydrogens is 345 g/mol. The number of halogens is 2. The molecule has 0 bridgehead atoms. The molecule has 0 fully saturated rings. The minimum Gasteiger partial charge on any atom is -0.481 e. The highest BCUT2D eigenvalue weighted by molar-refractivity contribution is 6.35. The monoisotopic (exact) mass is 365 g/mol. The Morgan fingerprint density at radius 2 is 1.67 bits per heavy atom. The molecule has 2 rings (SSSR count). The maximum absolute atomic E-state index is 12.4. The molecule has 1 amide bonds. The van der Waals surface area contributed by atoms with Gasteiger partial charge >= 0.3 is 0 Å². The molecule has 24 heavy (non-hydrogen) atoms. The summed E-state index contributed by atoms with van der Waals surface area (Å²) in [5.41, 5.74) is 3.01. The molecule has 3 nitrogen and oxygen atoms in total. The fraction of sp³-hybridized carbons (Fsp3) is 0.316. The van der Waals surface area contributed by atoms with Gasteiger partial charge in [0.2, 0.25) is 0 Å². The van der Waals surface area contributed by atoms with E-state index < -0.39 is 6.10 Å². The highest BCUT2D eigenvalue weighted by Crippen LogP contribution is 2.26. The molecule has 0 unspecified atom stereocenters. The molecule has 2 aromatic carbocycles. The molecule has 0 saturated carbocycles. The Bertz CT molecular complexity index is 726.